The summed E-state index contributed by atoms with van der Waals surface area (Å²) < 4.78 is 0. The van der Waals surface area contributed by atoms with Crippen molar-refractivity contribution in [3.8, 4) is 0 Å². The standard InChI is InChI=1S/C17H28N2/c1-13(2)9-14(3)19(4)12-15-5-6-16-7-8-18-11-17(16)10-15/h5-6,10,13-14,18H,7-9,11-12H2,1-4H3. The summed E-state index contributed by atoms with van der Waals surface area (Å²) in [6.45, 7) is 10.1. The van der Waals surface area contributed by atoms with Crippen molar-refractivity contribution in [2.45, 2.75) is 52.7 Å². The van der Waals surface area contributed by atoms with Crippen molar-refractivity contribution in [1.29, 1.82) is 0 Å². The predicted molar refractivity (Wildman–Crippen MR) is 82.2 cm³/mol. The quantitative estimate of drug-likeness (QED) is 0.874. The van der Waals surface area contributed by atoms with Crippen LogP contribution in [0.2, 0.25) is 0 Å². The van der Waals surface area contributed by atoms with Gasteiger partial charge in [-0.3, -0.25) is 4.90 Å². The van der Waals surface area contributed by atoms with Crippen molar-refractivity contribution < 1.29 is 0 Å². The van der Waals surface area contributed by atoms with Gasteiger partial charge in [-0.05, 0) is 56.0 Å². The van der Waals surface area contributed by atoms with E-state index in [-0.39, 0.29) is 0 Å². The molecule has 0 aromatic heterocycles. The topological polar surface area (TPSA) is 15.3 Å². The summed E-state index contributed by atoms with van der Waals surface area (Å²) in [5, 5.41) is 3.46. The van der Waals surface area contributed by atoms with Crippen molar-refractivity contribution in [2.24, 2.45) is 5.92 Å². The van der Waals surface area contributed by atoms with E-state index in [0.29, 0.717) is 6.04 Å². The van der Waals surface area contributed by atoms with Crippen LogP contribution >= 0.6 is 0 Å². The Hall–Kier alpha value is -0.860. The molecule has 1 aliphatic heterocycles. The largest absolute Gasteiger partial charge is 0.312 e. The van der Waals surface area contributed by atoms with E-state index >= 15 is 0 Å². The molecule has 2 heteroatoms. The molecule has 0 saturated carbocycles. The monoisotopic (exact) mass is 260 g/mol. The van der Waals surface area contributed by atoms with Crippen molar-refractivity contribution in [2.75, 3.05) is 13.6 Å². The third-order valence-electron chi connectivity index (χ3n) is 4.15. The Morgan fingerprint density at radius 2 is 2.00 bits per heavy atom. The van der Waals surface area contributed by atoms with Crippen LogP contribution in [0.3, 0.4) is 0 Å². The van der Waals surface area contributed by atoms with Crippen LogP contribution in [0.4, 0.5) is 0 Å². The summed E-state index contributed by atoms with van der Waals surface area (Å²) in [6, 6.07) is 7.67. The van der Waals surface area contributed by atoms with Crippen LogP contribution in [-0.4, -0.2) is 24.5 Å². The van der Waals surface area contributed by atoms with Gasteiger partial charge in [-0.15, -0.1) is 0 Å². The molecule has 0 spiro atoms. The first-order valence-electron chi connectivity index (χ1n) is 7.58. The second-order valence-corrected chi connectivity index (χ2v) is 6.42. The molecule has 0 saturated heterocycles. The molecular weight excluding hydrogens is 232 g/mol. The molecule has 0 bridgehead atoms. The van der Waals surface area contributed by atoms with Gasteiger partial charge in [0.05, 0.1) is 0 Å². The molecule has 1 heterocycles. The van der Waals surface area contributed by atoms with Crippen LogP contribution in [0, 0.1) is 5.92 Å². The Kier molecular flexibility index (Phi) is 5.00. The van der Waals surface area contributed by atoms with Crippen LogP contribution in [0.5, 0.6) is 0 Å². The van der Waals surface area contributed by atoms with Gasteiger partial charge in [0.1, 0.15) is 0 Å². The maximum Gasteiger partial charge on any atom is 0.0233 e. The molecule has 0 aliphatic carbocycles. The molecule has 2 rings (SSSR count). The van der Waals surface area contributed by atoms with E-state index in [1.807, 2.05) is 0 Å². The van der Waals surface area contributed by atoms with Gasteiger partial charge >= 0.3 is 0 Å². The lowest BCUT2D eigenvalue weighted by molar-refractivity contribution is 0.220. The van der Waals surface area contributed by atoms with Crippen molar-refractivity contribution in [1.82, 2.24) is 10.2 Å². The number of hydrogen-bond acceptors (Lipinski definition) is 2. The Bertz CT molecular complexity index is 412. The molecule has 0 amide bonds. The predicted octanol–water partition coefficient (Wildman–Crippen LogP) is 3.20. The lowest BCUT2D eigenvalue weighted by Crippen LogP contribution is -2.30. The Balaban J connectivity index is 1.98. The zero-order valence-corrected chi connectivity index (χ0v) is 12.9. The van der Waals surface area contributed by atoms with E-state index < -0.39 is 0 Å². The van der Waals surface area contributed by atoms with Crippen molar-refractivity contribution >= 4 is 0 Å². The third kappa shape index (κ3) is 4.05. The van der Waals surface area contributed by atoms with Gasteiger partial charge in [0, 0.05) is 19.1 Å². The molecule has 0 fully saturated rings. The first kappa shape index (κ1) is 14.5. The van der Waals surface area contributed by atoms with E-state index in [1.54, 1.807) is 0 Å². The third-order valence-corrected chi connectivity index (χ3v) is 4.15. The van der Waals surface area contributed by atoms with Crippen LogP contribution < -0.4 is 5.32 Å². The SMILES string of the molecule is CC(C)CC(C)N(C)Cc1ccc2c(c1)CNCC2. The molecule has 1 aliphatic rings. The first-order chi connectivity index (χ1) is 9.06. The molecule has 1 unspecified atom stereocenters. The summed E-state index contributed by atoms with van der Waals surface area (Å²) in [4.78, 5) is 2.47. The summed E-state index contributed by atoms with van der Waals surface area (Å²) in [5.41, 5.74) is 4.47. The maximum atomic E-state index is 3.46. The second-order valence-electron chi connectivity index (χ2n) is 6.42. The molecule has 2 nitrogen and oxygen atoms in total. The van der Waals surface area contributed by atoms with Gasteiger partial charge in [-0.1, -0.05) is 32.0 Å². The Morgan fingerprint density at radius 3 is 2.74 bits per heavy atom. The first-order valence-corrected chi connectivity index (χ1v) is 7.58. The average molecular weight is 260 g/mol. The Morgan fingerprint density at radius 1 is 1.21 bits per heavy atom. The number of hydrogen-bond donors (Lipinski definition) is 1. The minimum atomic E-state index is 0.647. The number of nitrogens with one attached hydrogen (secondary N) is 1. The van der Waals surface area contributed by atoms with Gasteiger partial charge < -0.3 is 5.32 Å². The zero-order valence-electron chi connectivity index (χ0n) is 12.9. The normalized spacial score (nSPS) is 16.7. The van der Waals surface area contributed by atoms with Gasteiger partial charge in [0.2, 0.25) is 0 Å². The fourth-order valence-corrected chi connectivity index (χ4v) is 2.94. The van der Waals surface area contributed by atoms with E-state index in [9.17, 15) is 0 Å². The lowest BCUT2D eigenvalue weighted by atomic mass is 9.98. The summed E-state index contributed by atoms with van der Waals surface area (Å²) >= 11 is 0. The average Bonchev–Trinajstić information content (AvgIpc) is 2.37. The van der Waals surface area contributed by atoms with E-state index in [0.717, 1.165) is 25.6 Å². The highest BCUT2D eigenvalue weighted by Crippen LogP contribution is 2.18. The summed E-state index contributed by atoms with van der Waals surface area (Å²) in [5.74, 6) is 0.769. The van der Waals surface area contributed by atoms with Gasteiger partial charge in [-0.25, -0.2) is 0 Å². The van der Waals surface area contributed by atoms with Gasteiger partial charge in [-0.2, -0.15) is 0 Å². The molecule has 0 radical (unpaired) electrons. The van der Waals surface area contributed by atoms with Crippen molar-refractivity contribution in [3.05, 3.63) is 34.9 Å². The highest BCUT2D eigenvalue weighted by molar-refractivity contribution is 5.33. The summed E-state index contributed by atoms with van der Waals surface area (Å²) in [7, 11) is 2.24. The molecule has 1 aromatic carbocycles. The minimum Gasteiger partial charge on any atom is -0.312 e. The van der Waals surface area contributed by atoms with Gasteiger partial charge in [0.15, 0.2) is 0 Å². The number of rotatable bonds is 5. The highest BCUT2D eigenvalue weighted by atomic mass is 15.1. The Labute approximate surface area is 118 Å². The van der Waals surface area contributed by atoms with Crippen LogP contribution in [0.25, 0.3) is 0 Å². The van der Waals surface area contributed by atoms with Gasteiger partial charge in [0.25, 0.3) is 0 Å². The molecule has 1 aromatic rings. The maximum absolute atomic E-state index is 3.46. The summed E-state index contributed by atoms with van der Waals surface area (Å²) in [6.07, 6.45) is 2.44. The zero-order chi connectivity index (χ0) is 13.8. The fraction of sp³-hybridized carbons (Fsp3) is 0.647. The molecule has 19 heavy (non-hydrogen) atoms. The molecule has 1 atom stereocenters. The second kappa shape index (κ2) is 6.53. The van der Waals surface area contributed by atoms with E-state index in [1.165, 1.54) is 29.5 Å². The van der Waals surface area contributed by atoms with Crippen LogP contribution in [0.15, 0.2) is 18.2 Å². The van der Waals surface area contributed by atoms with E-state index in [2.05, 4.69) is 56.2 Å². The fourth-order valence-electron chi connectivity index (χ4n) is 2.94. The number of benzene rings is 1. The minimum absolute atomic E-state index is 0.647. The molecule has 1 N–H and O–H groups in total. The lowest BCUT2D eigenvalue weighted by Gasteiger charge is -2.27. The van der Waals surface area contributed by atoms with Crippen LogP contribution in [0.1, 0.15) is 43.9 Å². The molecule has 106 valence electrons. The number of nitrogens with zero attached hydrogens (tertiary/aromatic N) is 1. The van der Waals surface area contributed by atoms with Crippen molar-refractivity contribution in [3.63, 3.8) is 0 Å². The van der Waals surface area contributed by atoms with Crippen LogP contribution in [-0.2, 0) is 19.5 Å². The number of fused-ring (bicyclic) bond motifs is 1. The smallest absolute Gasteiger partial charge is 0.0233 e. The highest BCUT2D eigenvalue weighted by Gasteiger charge is 2.13. The van der Waals surface area contributed by atoms with E-state index in [4.69, 9.17) is 0 Å². The molecular formula is C17H28N2.